The minimum atomic E-state index is -0.200. The van der Waals surface area contributed by atoms with Gasteiger partial charge in [-0.15, -0.1) is 10.2 Å². The highest BCUT2D eigenvalue weighted by atomic mass is 32.2. The average molecular weight is 359 g/mol. The molecule has 1 saturated carbocycles. The quantitative estimate of drug-likeness (QED) is 0.826. The van der Waals surface area contributed by atoms with Crippen LogP contribution in [-0.2, 0) is 4.79 Å². The molecule has 1 fully saturated rings. The van der Waals surface area contributed by atoms with Gasteiger partial charge in [-0.25, -0.2) is 0 Å². The second-order valence-electron chi connectivity index (χ2n) is 6.81. The van der Waals surface area contributed by atoms with Gasteiger partial charge in [0.1, 0.15) is 5.82 Å². The van der Waals surface area contributed by atoms with E-state index in [9.17, 15) is 4.79 Å². The Bertz CT molecular complexity index is 737. The maximum absolute atomic E-state index is 12.5. The van der Waals surface area contributed by atoms with E-state index in [1.54, 1.807) is 0 Å². The van der Waals surface area contributed by atoms with Crippen molar-refractivity contribution in [3.8, 4) is 5.69 Å². The SMILES string of the molecule is Cc1cccc(-n2c(C)nnc2S[C@@H](C)C(=O)NC2CCCCC2)c1. The highest BCUT2D eigenvalue weighted by Gasteiger charge is 2.23. The van der Waals surface area contributed by atoms with E-state index in [-0.39, 0.29) is 11.2 Å². The monoisotopic (exact) mass is 358 g/mol. The largest absolute Gasteiger partial charge is 0.352 e. The van der Waals surface area contributed by atoms with E-state index in [0.717, 1.165) is 29.5 Å². The van der Waals surface area contributed by atoms with Crippen LogP contribution in [0.3, 0.4) is 0 Å². The van der Waals surface area contributed by atoms with Gasteiger partial charge in [-0.1, -0.05) is 43.2 Å². The van der Waals surface area contributed by atoms with E-state index in [1.807, 2.05) is 30.5 Å². The first-order valence-electron chi connectivity index (χ1n) is 9.00. The van der Waals surface area contributed by atoms with Crippen LogP contribution < -0.4 is 5.32 Å². The van der Waals surface area contributed by atoms with Crippen molar-refractivity contribution in [1.82, 2.24) is 20.1 Å². The fourth-order valence-electron chi connectivity index (χ4n) is 3.26. The number of rotatable bonds is 5. The zero-order valence-electron chi connectivity index (χ0n) is 15.2. The molecule has 0 aliphatic heterocycles. The number of benzene rings is 1. The Kier molecular flexibility index (Phi) is 5.78. The van der Waals surface area contributed by atoms with E-state index in [4.69, 9.17) is 0 Å². The van der Waals surface area contributed by atoms with Crippen molar-refractivity contribution < 1.29 is 4.79 Å². The summed E-state index contributed by atoms with van der Waals surface area (Å²) in [5.74, 6) is 0.918. The Labute approximate surface area is 153 Å². The fourth-order valence-corrected chi connectivity index (χ4v) is 4.18. The molecule has 1 N–H and O–H groups in total. The first-order valence-corrected chi connectivity index (χ1v) is 9.88. The van der Waals surface area contributed by atoms with Crippen LogP contribution >= 0.6 is 11.8 Å². The molecule has 2 aromatic rings. The summed E-state index contributed by atoms with van der Waals surface area (Å²) in [6, 6.07) is 8.57. The van der Waals surface area contributed by atoms with Gasteiger partial charge in [0.2, 0.25) is 5.91 Å². The third kappa shape index (κ3) is 4.42. The van der Waals surface area contributed by atoms with Gasteiger partial charge in [0, 0.05) is 11.7 Å². The first-order chi connectivity index (χ1) is 12.0. The van der Waals surface area contributed by atoms with E-state index in [0.29, 0.717) is 6.04 Å². The van der Waals surface area contributed by atoms with Gasteiger partial charge in [-0.2, -0.15) is 0 Å². The second-order valence-corrected chi connectivity index (χ2v) is 8.12. The molecule has 25 heavy (non-hydrogen) atoms. The molecule has 1 amide bonds. The van der Waals surface area contributed by atoms with Crippen LogP contribution in [0.4, 0.5) is 0 Å². The molecule has 1 aliphatic rings. The van der Waals surface area contributed by atoms with Crippen molar-refractivity contribution in [3.05, 3.63) is 35.7 Å². The third-order valence-electron chi connectivity index (χ3n) is 4.66. The molecule has 1 heterocycles. The molecule has 3 rings (SSSR count). The molecule has 1 aromatic heterocycles. The Hall–Kier alpha value is -1.82. The number of hydrogen-bond donors (Lipinski definition) is 1. The molecule has 1 atom stereocenters. The lowest BCUT2D eigenvalue weighted by Crippen LogP contribution is -2.40. The molecule has 5 nitrogen and oxygen atoms in total. The van der Waals surface area contributed by atoms with Crippen molar-refractivity contribution in [2.75, 3.05) is 0 Å². The number of nitrogens with zero attached hydrogens (tertiary/aromatic N) is 3. The molecule has 6 heteroatoms. The second kappa shape index (κ2) is 8.04. The summed E-state index contributed by atoms with van der Waals surface area (Å²) < 4.78 is 2.02. The Morgan fingerprint density at radius 2 is 2.00 bits per heavy atom. The number of carbonyl (C=O) groups is 1. The zero-order chi connectivity index (χ0) is 17.8. The zero-order valence-corrected chi connectivity index (χ0v) is 16.0. The van der Waals surface area contributed by atoms with Crippen LogP contribution in [0.25, 0.3) is 5.69 Å². The summed E-state index contributed by atoms with van der Waals surface area (Å²) in [5, 5.41) is 12.3. The Balaban J connectivity index is 1.71. The van der Waals surface area contributed by atoms with Gasteiger partial charge in [-0.05, 0) is 51.3 Å². The molecule has 0 spiro atoms. The molecule has 0 unspecified atom stereocenters. The van der Waals surface area contributed by atoms with E-state index >= 15 is 0 Å². The summed E-state index contributed by atoms with van der Waals surface area (Å²) >= 11 is 1.47. The topological polar surface area (TPSA) is 59.8 Å². The summed E-state index contributed by atoms with van der Waals surface area (Å²) in [5.41, 5.74) is 2.22. The molecular weight excluding hydrogens is 332 g/mol. The predicted molar refractivity (Wildman–Crippen MR) is 101 cm³/mol. The van der Waals surface area contributed by atoms with Crippen LogP contribution in [0, 0.1) is 13.8 Å². The summed E-state index contributed by atoms with van der Waals surface area (Å²) in [6.45, 7) is 5.94. The minimum Gasteiger partial charge on any atom is -0.352 e. The van der Waals surface area contributed by atoms with Crippen molar-refractivity contribution in [2.45, 2.75) is 69.3 Å². The van der Waals surface area contributed by atoms with Gasteiger partial charge in [0.15, 0.2) is 5.16 Å². The number of aromatic nitrogens is 3. The number of amides is 1. The van der Waals surface area contributed by atoms with Gasteiger partial charge in [0.25, 0.3) is 0 Å². The minimum absolute atomic E-state index is 0.0911. The Morgan fingerprint density at radius 1 is 1.24 bits per heavy atom. The Morgan fingerprint density at radius 3 is 2.72 bits per heavy atom. The smallest absolute Gasteiger partial charge is 0.233 e. The third-order valence-corrected chi connectivity index (χ3v) is 5.70. The van der Waals surface area contributed by atoms with Crippen LogP contribution in [0.1, 0.15) is 50.4 Å². The van der Waals surface area contributed by atoms with Crippen molar-refractivity contribution in [3.63, 3.8) is 0 Å². The van der Waals surface area contributed by atoms with E-state index in [2.05, 4.69) is 34.6 Å². The standard InChI is InChI=1S/C19H26N4OS/c1-13-8-7-11-17(12-13)23-15(3)21-22-19(23)25-14(2)18(24)20-16-9-5-4-6-10-16/h7-8,11-12,14,16H,4-6,9-10H2,1-3H3,(H,20,24)/t14-/m0/s1. The molecule has 0 saturated heterocycles. The van der Waals surface area contributed by atoms with Crippen LogP contribution in [0.15, 0.2) is 29.4 Å². The lowest BCUT2D eigenvalue weighted by atomic mass is 9.95. The van der Waals surface area contributed by atoms with Gasteiger partial charge < -0.3 is 5.32 Å². The number of hydrogen-bond acceptors (Lipinski definition) is 4. The van der Waals surface area contributed by atoms with Crippen molar-refractivity contribution in [1.29, 1.82) is 0 Å². The summed E-state index contributed by atoms with van der Waals surface area (Å²) in [6.07, 6.45) is 5.92. The molecular formula is C19H26N4OS. The predicted octanol–water partition coefficient (Wildman–Crippen LogP) is 3.81. The molecule has 1 aromatic carbocycles. The molecule has 0 bridgehead atoms. The van der Waals surface area contributed by atoms with Crippen LogP contribution in [0.5, 0.6) is 0 Å². The number of carbonyl (C=O) groups excluding carboxylic acids is 1. The normalized spacial score (nSPS) is 16.6. The summed E-state index contributed by atoms with van der Waals surface area (Å²) in [4.78, 5) is 12.5. The first kappa shape index (κ1) is 18.0. The van der Waals surface area contributed by atoms with E-state index < -0.39 is 0 Å². The average Bonchev–Trinajstić information content (AvgIpc) is 2.96. The molecule has 1 aliphatic carbocycles. The van der Waals surface area contributed by atoms with E-state index in [1.165, 1.54) is 36.6 Å². The van der Waals surface area contributed by atoms with Crippen LogP contribution in [-0.4, -0.2) is 32.0 Å². The highest BCUT2D eigenvalue weighted by molar-refractivity contribution is 8.00. The summed E-state index contributed by atoms with van der Waals surface area (Å²) in [7, 11) is 0. The lowest BCUT2D eigenvalue weighted by Gasteiger charge is -2.24. The number of nitrogens with one attached hydrogen (secondary N) is 1. The maximum Gasteiger partial charge on any atom is 0.233 e. The number of aryl methyl sites for hydroxylation is 2. The molecule has 0 radical (unpaired) electrons. The van der Waals surface area contributed by atoms with Gasteiger partial charge >= 0.3 is 0 Å². The molecule has 134 valence electrons. The van der Waals surface area contributed by atoms with Gasteiger partial charge in [-0.3, -0.25) is 9.36 Å². The van der Waals surface area contributed by atoms with Crippen molar-refractivity contribution in [2.24, 2.45) is 0 Å². The maximum atomic E-state index is 12.5. The fraction of sp³-hybridized carbons (Fsp3) is 0.526. The van der Waals surface area contributed by atoms with Gasteiger partial charge in [0.05, 0.1) is 5.25 Å². The lowest BCUT2D eigenvalue weighted by molar-refractivity contribution is -0.121. The number of thioether (sulfide) groups is 1. The highest BCUT2D eigenvalue weighted by Crippen LogP contribution is 2.26. The van der Waals surface area contributed by atoms with Crippen LogP contribution in [0.2, 0.25) is 0 Å². The van der Waals surface area contributed by atoms with Crippen molar-refractivity contribution >= 4 is 17.7 Å².